The monoisotopic (exact) mass is 550 g/mol. The van der Waals surface area contributed by atoms with Crippen LogP contribution >= 0.6 is 0 Å². The van der Waals surface area contributed by atoms with Crippen LogP contribution in [0, 0.1) is 51.0 Å². The Morgan fingerprint density at radius 1 is 1.16 bits per heavy atom. The quantitative estimate of drug-likeness (QED) is 0.462. The number of anilines is 2. The maximum atomic E-state index is 12.1. The van der Waals surface area contributed by atoms with Gasteiger partial charge in [0.1, 0.15) is 0 Å². The third-order valence-electron chi connectivity index (χ3n) is 3.51. The van der Waals surface area contributed by atoms with Gasteiger partial charge in [-0.3, -0.25) is 0 Å². The number of oxazole rings is 1. The van der Waals surface area contributed by atoms with Crippen LogP contribution in [-0.4, -0.2) is 16.1 Å². The second-order valence-corrected chi connectivity index (χ2v) is 5.34. The van der Waals surface area contributed by atoms with E-state index in [1.165, 1.54) is 6.39 Å². The van der Waals surface area contributed by atoms with Crippen molar-refractivity contribution < 1.29 is 58.4 Å². The molecule has 0 aliphatic carbocycles. The summed E-state index contributed by atoms with van der Waals surface area (Å²) in [6.07, 6.45) is 2.91. The van der Waals surface area contributed by atoms with E-state index >= 15 is 0 Å². The van der Waals surface area contributed by atoms with Crippen molar-refractivity contribution in [2.75, 3.05) is 10.6 Å². The van der Waals surface area contributed by atoms with Crippen molar-refractivity contribution in [1.82, 2.24) is 4.98 Å². The number of benzene rings is 2. The van der Waals surface area contributed by atoms with E-state index in [2.05, 4.69) is 15.6 Å². The number of amides is 2. The number of aliphatic hydroxyl groups is 1. The van der Waals surface area contributed by atoms with Crippen molar-refractivity contribution >= 4 is 17.4 Å². The molecule has 125 valence electrons. The fourth-order valence-corrected chi connectivity index (χ4v) is 2.41. The van der Waals surface area contributed by atoms with E-state index in [0.29, 0.717) is 22.7 Å². The molecule has 0 saturated carbocycles. The van der Waals surface area contributed by atoms with Gasteiger partial charge in [0.2, 0.25) is 0 Å². The Hall–Kier alpha value is -1.68. The average molecular weight is 550 g/mol. The number of rotatable bonds is 4. The van der Waals surface area contributed by atoms with Gasteiger partial charge in [0.05, 0.1) is 12.8 Å². The Bertz CT molecular complexity index is 851. The summed E-state index contributed by atoms with van der Waals surface area (Å²) in [5, 5.41) is 15.1. The number of aromatic nitrogens is 1. The molecule has 0 fully saturated rings. The molecule has 3 aromatic rings. The Morgan fingerprint density at radius 2 is 1.92 bits per heavy atom. The first-order valence-corrected chi connectivity index (χ1v) is 7.43. The van der Waals surface area contributed by atoms with Crippen molar-refractivity contribution in [3.63, 3.8) is 0 Å². The van der Waals surface area contributed by atoms with Gasteiger partial charge in [-0.25, -0.2) is 9.78 Å². The number of carbonyl (C=O) groups excluding carboxylic acids is 1. The molecule has 3 rings (SSSR count). The minimum absolute atomic E-state index is 0. The van der Waals surface area contributed by atoms with Gasteiger partial charge in [0.25, 0.3) is 0 Å². The zero-order valence-corrected chi connectivity index (χ0v) is 18.4. The van der Waals surface area contributed by atoms with Crippen LogP contribution in [0.1, 0.15) is 11.1 Å². The average Bonchev–Trinajstić information content (AvgIpc) is 3.09. The molecular formula is C18H17AcN3O3. The molecule has 1 heterocycles. The Balaban J connectivity index is 0.00000225. The van der Waals surface area contributed by atoms with E-state index in [9.17, 15) is 9.90 Å². The van der Waals surface area contributed by atoms with Gasteiger partial charge < -0.3 is 20.2 Å². The van der Waals surface area contributed by atoms with E-state index in [4.69, 9.17) is 4.42 Å². The molecular weight excluding hydrogens is 533 g/mol. The summed E-state index contributed by atoms with van der Waals surface area (Å²) in [6.45, 7) is 1.78. The SMILES string of the molecule is Cc1cccc(NC(=O)Nc2ccc(-c3cnco3)c(CO)c2)c1.[Ac]. The van der Waals surface area contributed by atoms with Crippen LogP contribution in [0.2, 0.25) is 0 Å². The molecule has 2 amide bonds. The summed E-state index contributed by atoms with van der Waals surface area (Å²) < 4.78 is 5.25. The summed E-state index contributed by atoms with van der Waals surface area (Å²) in [6, 6.07) is 12.4. The standard InChI is InChI=1S/C18H17N3O3.Ac/c1-12-3-2-4-14(7-12)20-18(23)21-15-5-6-16(13(8-15)10-22)17-9-19-11-24-17;/h2-9,11,22H,10H2,1H3,(H2,20,21,23);. The van der Waals surface area contributed by atoms with E-state index in [1.807, 2.05) is 31.2 Å². The normalized spacial score (nSPS) is 10.0. The van der Waals surface area contributed by atoms with Gasteiger partial charge in [-0.05, 0) is 48.4 Å². The number of aryl methyl sites for hydroxylation is 1. The maximum absolute atomic E-state index is 12.1. The molecule has 7 heteroatoms. The minimum Gasteiger partial charge on any atom is -0.444 e. The molecule has 0 unspecified atom stereocenters. The van der Waals surface area contributed by atoms with Gasteiger partial charge >= 0.3 is 6.03 Å². The summed E-state index contributed by atoms with van der Waals surface area (Å²) >= 11 is 0. The topological polar surface area (TPSA) is 87.4 Å². The molecule has 0 aliphatic heterocycles. The molecule has 0 saturated heterocycles. The molecule has 0 aliphatic rings. The predicted molar refractivity (Wildman–Crippen MR) is 91.7 cm³/mol. The van der Waals surface area contributed by atoms with E-state index in [0.717, 1.165) is 11.1 Å². The second-order valence-electron chi connectivity index (χ2n) is 5.34. The van der Waals surface area contributed by atoms with Crippen LogP contribution in [0.4, 0.5) is 16.2 Å². The van der Waals surface area contributed by atoms with Crippen LogP contribution in [0.3, 0.4) is 0 Å². The first-order valence-electron chi connectivity index (χ1n) is 7.43. The Morgan fingerprint density at radius 3 is 2.56 bits per heavy atom. The zero-order chi connectivity index (χ0) is 16.9. The molecule has 1 radical (unpaired) electrons. The molecule has 1 aromatic heterocycles. The molecule has 3 N–H and O–H groups in total. The molecule has 0 atom stereocenters. The van der Waals surface area contributed by atoms with Crippen molar-refractivity contribution in [3.8, 4) is 11.3 Å². The fourth-order valence-electron chi connectivity index (χ4n) is 2.41. The first kappa shape index (κ1) is 19.6. The van der Waals surface area contributed by atoms with Gasteiger partial charge in [-0.1, -0.05) is 12.1 Å². The molecule has 25 heavy (non-hydrogen) atoms. The largest absolute Gasteiger partial charge is 0.444 e. The number of urea groups is 1. The minimum atomic E-state index is -0.350. The Labute approximate surface area is 181 Å². The van der Waals surface area contributed by atoms with Crippen LogP contribution in [-0.2, 0) is 6.61 Å². The van der Waals surface area contributed by atoms with Gasteiger partial charge in [0, 0.05) is 61.0 Å². The maximum Gasteiger partial charge on any atom is 0.323 e. The van der Waals surface area contributed by atoms with Crippen LogP contribution < -0.4 is 10.6 Å². The molecule has 0 bridgehead atoms. The van der Waals surface area contributed by atoms with Crippen molar-refractivity contribution in [2.24, 2.45) is 0 Å². The zero-order valence-electron chi connectivity index (χ0n) is 13.7. The first-order chi connectivity index (χ1) is 11.7. The molecule has 6 nitrogen and oxygen atoms in total. The summed E-state index contributed by atoms with van der Waals surface area (Å²) in [4.78, 5) is 16.0. The smallest absolute Gasteiger partial charge is 0.323 e. The van der Waals surface area contributed by atoms with E-state index in [-0.39, 0.29) is 56.7 Å². The second kappa shape index (κ2) is 9.14. The van der Waals surface area contributed by atoms with Gasteiger partial charge in [0.15, 0.2) is 12.2 Å². The third-order valence-corrected chi connectivity index (χ3v) is 3.51. The van der Waals surface area contributed by atoms with Crippen molar-refractivity contribution in [3.05, 3.63) is 66.2 Å². The van der Waals surface area contributed by atoms with Crippen molar-refractivity contribution in [1.29, 1.82) is 0 Å². The molecule has 2 aromatic carbocycles. The van der Waals surface area contributed by atoms with Crippen LogP contribution in [0.5, 0.6) is 0 Å². The number of hydrogen-bond donors (Lipinski definition) is 3. The number of nitrogens with one attached hydrogen (secondary N) is 2. The molecule has 0 spiro atoms. The summed E-state index contributed by atoms with van der Waals surface area (Å²) in [5.41, 5.74) is 3.73. The summed E-state index contributed by atoms with van der Waals surface area (Å²) in [7, 11) is 0. The van der Waals surface area contributed by atoms with E-state index < -0.39 is 0 Å². The number of hydrogen-bond acceptors (Lipinski definition) is 4. The van der Waals surface area contributed by atoms with E-state index in [1.54, 1.807) is 24.4 Å². The number of nitrogens with zero attached hydrogens (tertiary/aromatic N) is 1. The van der Waals surface area contributed by atoms with Crippen LogP contribution in [0.25, 0.3) is 11.3 Å². The van der Waals surface area contributed by atoms with Gasteiger partial charge in [-0.2, -0.15) is 0 Å². The number of aliphatic hydroxyl groups excluding tert-OH is 1. The Kier molecular flexibility index (Phi) is 7.18. The predicted octanol–water partition coefficient (Wildman–Crippen LogP) is 3.79. The van der Waals surface area contributed by atoms with Gasteiger partial charge in [-0.15, -0.1) is 0 Å². The fraction of sp³-hybridized carbons (Fsp3) is 0.111. The summed E-state index contributed by atoms with van der Waals surface area (Å²) in [5.74, 6) is 0.565. The van der Waals surface area contributed by atoms with Crippen LogP contribution in [0.15, 0.2) is 59.5 Å². The number of carbonyl (C=O) groups is 1. The van der Waals surface area contributed by atoms with Crippen molar-refractivity contribution in [2.45, 2.75) is 13.5 Å². The third kappa shape index (κ3) is 5.15.